The molecule has 1 amide bonds. The van der Waals surface area contributed by atoms with Crippen molar-refractivity contribution in [1.82, 2.24) is 10.2 Å². The lowest BCUT2D eigenvalue weighted by Gasteiger charge is -2.29. The van der Waals surface area contributed by atoms with Gasteiger partial charge in [0.25, 0.3) is 0 Å². The maximum Gasteiger partial charge on any atom is 0.331 e. The number of fused-ring (bicyclic) bond motifs is 1. The van der Waals surface area contributed by atoms with Gasteiger partial charge < -0.3 is 19.9 Å². The van der Waals surface area contributed by atoms with Gasteiger partial charge in [-0.05, 0) is 58.1 Å². The Hall–Kier alpha value is -2.08. The molecule has 2 rings (SSSR count). The molecule has 1 aromatic rings. The first-order chi connectivity index (χ1) is 11.0. The lowest BCUT2D eigenvalue weighted by atomic mass is 10.1. The number of anilines is 1. The largest absolute Gasteiger partial charge is 0.423 e. The van der Waals surface area contributed by atoms with Gasteiger partial charge in [-0.1, -0.05) is 6.07 Å². The number of carbonyl (C=O) groups excluding carboxylic acids is 2. The quantitative estimate of drug-likeness (QED) is 0.464. The van der Waals surface area contributed by atoms with Crippen LogP contribution in [0.2, 0.25) is 0 Å². The van der Waals surface area contributed by atoms with E-state index in [1.165, 1.54) is 0 Å². The van der Waals surface area contributed by atoms with Gasteiger partial charge >= 0.3 is 5.97 Å². The number of esters is 1. The average Bonchev–Trinajstić information content (AvgIpc) is 2.47. The lowest BCUT2D eigenvalue weighted by molar-refractivity contribution is -0.133. The molecule has 1 N–H and O–H groups in total. The molecule has 1 aromatic carbocycles. The third-order valence-electron chi connectivity index (χ3n) is 3.69. The Labute approximate surface area is 137 Å². The highest BCUT2D eigenvalue weighted by atomic mass is 16.5. The van der Waals surface area contributed by atoms with Gasteiger partial charge in [0.05, 0.1) is 12.2 Å². The molecule has 6 heteroatoms. The number of amides is 1. The summed E-state index contributed by atoms with van der Waals surface area (Å²) in [6, 6.07) is 5.60. The number of carbonyl (C=O) groups is 2. The summed E-state index contributed by atoms with van der Waals surface area (Å²) in [4.78, 5) is 27.7. The van der Waals surface area contributed by atoms with Crippen LogP contribution in [0, 0.1) is 6.92 Å². The zero-order valence-electron chi connectivity index (χ0n) is 14.1. The number of aryl methyl sites for hydroxylation is 1. The molecule has 1 aliphatic heterocycles. The smallest absolute Gasteiger partial charge is 0.331 e. The van der Waals surface area contributed by atoms with Crippen molar-refractivity contribution in [2.45, 2.75) is 19.8 Å². The molecule has 0 atom stereocenters. The minimum absolute atomic E-state index is 0.0722. The number of hydrogen-bond acceptors (Lipinski definition) is 5. The van der Waals surface area contributed by atoms with Crippen LogP contribution < -0.4 is 15.0 Å². The maximum atomic E-state index is 12.1. The molecule has 0 radical (unpaired) electrons. The number of hydrogen-bond donors (Lipinski definition) is 1. The van der Waals surface area contributed by atoms with Crippen LogP contribution >= 0.6 is 0 Å². The predicted octanol–water partition coefficient (Wildman–Crippen LogP) is 1.18. The minimum Gasteiger partial charge on any atom is -0.423 e. The van der Waals surface area contributed by atoms with Crippen molar-refractivity contribution in [3.63, 3.8) is 0 Å². The Morgan fingerprint density at radius 2 is 2.13 bits per heavy atom. The number of ether oxygens (including phenoxy) is 1. The van der Waals surface area contributed by atoms with Crippen LogP contribution in [0.5, 0.6) is 5.75 Å². The normalized spacial score (nSPS) is 13.7. The minimum atomic E-state index is -0.333. The molecule has 0 unspecified atom stereocenters. The first kappa shape index (κ1) is 17.3. The monoisotopic (exact) mass is 319 g/mol. The molecule has 0 aromatic heterocycles. The van der Waals surface area contributed by atoms with Gasteiger partial charge in [-0.3, -0.25) is 4.79 Å². The Balaban J connectivity index is 1.86. The highest BCUT2D eigenvalue weighted by Crippen LogP contribution is 2.32. The molecule has 0 spiro atoms. The zero-order valence-corrected chi connectivity index (χ0v) is 14.1. The Morgan fingerprint density at radius 1 is 1.35 bits per heavy atom. The molecule has 0 saturated heterocycles. The van der Waals surface area contributed by atoms with Gasteiger partial charge in [0.15, 0.2) is 5.75 Å². The van der Waals surface area contributed by atoms with Gasteiger partial charge in [0.1, 0.15) is 6.54 Å². The molecule has 6 nitrogen and oxygen atoms in total. The van der Waals surface area contributed by atoms with Crippen molar-refractivity contribution in [1.29, 1.82) is 0 Å². The molecule has 0 bridgehead atoms. The molecule has 1 aliphatic rings. The van der Waals surface area contributed by atoms with Gasteiger partial charge in [-0.25, -0.2) is 4.79 Å². The topological polar surface area (TPSA) is 61.9 Å². The zero-order chi connectivity index (χ0) is 16.8. The molecule has 126 valence electrons. The third kappa shape index (κ3) is 5.25. The first-order valence-corrected chi connectivity index (χ1v) is 7.93. The fraction of sp³-hybridized carbons (Fsp3) is 0.529. The van der Waals surface area contributed by atoms with Crippen molar-refractivity contribution in [3.8, 4) is 5.75 Å². The number of nitrogens with one attached hydrogen (secondary N) is 1. The predicted molar refractivity (Wildman–Crippen MR) is 89.8 cm³/mol. The van der Waals surface area contributed by atoms with Crippen molar-refractivity contribution < 1.29 is 14.3 Å². The van der Waals surface area contributed by atoms with Gasteiger partial charge in [0.2, 0.25) is 5.91 Å². The van der Waals surface area contributed by atoms with Crippen LogP contribution in [-0.4, -0.2) is 57.1 Å². The van der Waals surface area contributed by atoms with Crippen molar-refractivity contribution in [2.24, 2.45) is 0 Å². The summed E-state index contributed by atoms with van der Waals surface area (Å²) in [5, 5.41) is 2.91. The Kier molecular flexibility index (Phi) is 5.98. The van der Waals surface area contributed by atoms with Crippen molar-refractivity contribution >= 4 is 17.6 Å². The van der Waals surface area contributed by atoms with Crippen LogP contribution in [-0.2, 0) is 9.59 Å². The Bertz CT molecular complexity index is 572. The van der Waals surface area contributed by atoms with Crippen LogP contribution in [0.4, 0.5) is 5.69 Å². The van der Waals surface area contributed by atoms with E-state index in [0.29, 0.717) is 12.3 Å². The van der Waals surface area contributed by atoms with E-state index in [4.69, 9.17) is 4.74 Å². The van der Waals surface area contributed by atoms with E-state index in [2.05, 4.69) is 10.2 Å². The van der Waals surface area contributed by atoms with E-state index in [0.717, 1.165) is 30.6 Å². The highest BCUT2D eigenvalue weighted by Gasteiger charge is 2.25. The van der Waals surface area contributed by atoms with Crippen LogP contribution in [0.25, 0.3) is 0 Å². The van der Waals surface area contributed by atoms with E-state index in [9.17, 15) is 9.59 Å². The van der Waals surface area contributed by atoms with E-state index in [1.807, 2.05) is 33.2 Å². The van der Waals surface area contributed by atoms with E-state index in [1.54, 1.807) is 11.0 Å². The van der Waals surface area contributed by atoms with Crippen LogP contribution in [0.1, 0.15) is 18.4 Å². The standard InChI is InChI=1S/C17H25N3O3/c1-13-6-7-15-14(10-13)20(12-17(22)23-15)11-16(21)18-8-4-5-9-19(2)3/h6-7,10H,4-5,8-9,11-12H2,1-3H3,(H,18,21). The molecule has 0 saturated carbocycles. The number of nitrogens with zero attached hydrogens (tertiary/aromatic N) is 2. The summed E-state index contributed by atoms with van der Waals surface area (Å²) in [6.07, 6.45) is 1.99. The van der Waals surface area contributed by atoms with E-state index >= 15 is 0 Å². The molecule has 1 heterocycles. The molecule has 0 fully saturated rings. The molecular weight excluding hydrogens is 294 g/mol. The fourth-order valence-electron chi connectivity index (χ4n) is 2.51. The summed E-state index contributed by atoms with van der Waals surface area (Å²) in [5.41, 5.74) is 1.86. The second-order valence-electron chi connectivity index (χ2n) is 6.16. The molecule has 23 heavy (non-hydrogen) atoms. The second kappa shape index (κ2) is 7.97. The number of unbranched alkanes of at least 4 members (excludes halogenated alkanes) is 1. The number of benzene rings is 1. The maximum absolute atomic E-state index is 12.1. The summed E-state index contributed by atoms with van der Waals surface area (Å²) < 4.78 is 5.22. The highest BCUT2D eigenvalue weighted by molar-refractivity contribution is 5.89. The Morgan fingerprint density at radius 3 is 2.87 bits per heavy atom. The second-order valence-corrected chi connectivity index (χ2v) is 6.16. The van der Waals surface area contributed by atoms with Crippen molar-refractivity contribution in [3.05, 3.63) is 23.8 Å². The molecule has 0 aliphatic carbocycles. The van der Waals surface area contributed by atoms with Crippen LogP contribution in [0.15, 0.2) is 18.2 Å². The first-order valence-electron chi connectivity index (χ1n) is 7.93. The third-order valence-corrected chi connectivity index (χ3v) is 3.69. The molecular formula is C17H25N3O3. The van der Waals surface area contributed by atoms with Gasteiger partial charge in [-0.15, -0.1) is 0 Å². The van der Waals surface area contributed by atoms with Crippen molar-refractivity contribution in [2.75, 3.05) is 45.2 Å². The van der Waals surface area contributed by atoms with E-state index < -0.39 is 0 Å². The van der Waals surface area contributed by atoms with Crippen LogP contribution in [0.3, 0.4) is 0 Å². The lowest BCUT2D eigenvalue weighted by Crippen LogP contribution is -2.43. The van der Waals surface area contributed by atoms with E-state index in [-0.39, 0.29) is 25.0 Å². The fourth-order valence-corrected chi connectivity index (χ4v) is 2.51. The summed E-state index contributed by atoms with van der Waals surface area (Å²) >= 11 is 0. The van der Waals surface area contributed by atoms with Gasteiger partial charge in [0, 0.05) is 6.54 Å². The summed E-state index contributed by atoms with van der Waals surface area (Å²) in [5.74, 6) is 0.114. The van der Waals surface area contributed by atoms with Gasteiger partial charge in [-0.2, -0.15) is 0 Å². The summed E-state index contributed by atoms with van der Waals surface area (Å²) in [6.45, 7) is 3.91. The SMILES string of the molecule is Cc1ccc2c(c1)N(CC(=O)NCCCCN(C)C)CC(=O)O2. The average molecular weight is 319 g/mol. The summed E-state index contributed by atoms with van der Waals surface area (Å²) in [7, 11) is 4.07. The number of rotatable bonds is 7.